The molecule has 3 rings (SSSR count). The van der Waals surface area contributed by atoms with Gasteiger partial charge in [-0.05, 0) is 17.3 Å². The molecule has 1 aliphatic carbocycles. The molecule has 2 aromatic rings. The number of hydroxylamine groups is 1. The molecule has 0 fully saturated rings. The molecular formula is C13H11N5O3. The molecule has 1 amide bonds. The van der Waals surface area contributed by atoms with Gasteiger partial charge in [-0.25, -0.2) is 10.1 Å². The lowest BCUT2D eigenvalue weighted by molar-refractivity contribution is 0.0954. The first-order chi connectivity index (χ1) is 10.3. The predicted molar refractivity (Wildman–Crippen MR) is 71.5 cm³/mol. The molecule has 8 nitrogen and oxygen atoms in total. The molecule has 0 saturated heterocycles. The van der Waals surface area contributed by atoms with Gasteiger partial charge in [0.15, 0.2) is 5.69 Å². The fourth-order valence-electron chi connectivity index (χ4n) is 1.92. The third kappa shape index (κ3) is 2.51. The molecule has 3 N–H and O–H groups in total. The minimum atomic E-state index is -0.371. The second-order valence-corrected chi connectivity index (χ2v) is 4.26. The molecule has 0 saturated carbocycles. The number of hydrogen-bond acceptors (Lipinski definition) is 7. The minimum absolute atomic E-state index is 0.254. The van der Waals surface area contributed by atoms with E-state index < -0.39 is 0 Å². The maximum absolute atomic E-state index is 12.0. The Labute approximate surface area is 119 Å². The smallest absolute Gasteiger partial charge is 0.271 e. The highest BCUT2D eigenvalue weighted by molar-refractivity contribution is 6.12. The lowest BCUT2D eigenvalue weighted by atomic mass is 10.0. The maximum Gasteiger partial charge on any atom is 0.271 e. The van der Waals surface area contributed by atoms with Crippen LogP contribution in [-0.2, 0) is 6.42 Å². The highest BCUT2D eigenvalue weighted by atomic mass is 16.6. The van der Waals surface area contributed by atoms with E-state index in [9.17, 15) is 4.79 Å². The van der Waals surface area contributed by atoms with Gasteiger partial charge in [0.1, 0.15) is 11.4 Å². The van der Waals surface area contributed by atoms with Gasteiger partial charge < -0.3 is 0 Å². The number of carbonyl (C=O) groups is 1. The molecule has 1 aromatic heterocycles. The van der Waals surface area contributed by atoms with E-state index >= 15 is 0 Å². The molecule has 0 aliphatic heterocycles. The molecule has 0 bridgehead atoms. The molecule has 0 spiro atoms. The standard InChI is InChI=1S/C13H11N5O3/c19-13(8-4-2-1-3-5-8)15-14-11-9(16-20)6-7-10-12(11)18-21-17-10/h1-6,16,20H,7H2,(H,15,19)/b14-11+. The van der Waals surface area contributed by atoms with E-state index in [-0.39, 0.29) is 11.6 Å². The van der Waals surface area contributed by atoms with Crippen LogP contribution in [0.3, 0.4) is 0 Å². The first-order valence-electron chi connectivity index (χ1n) is 6.15. The van der Waals surface area contributed by atoms with Crippen molar-refractivity contribution in [3.05, 3.63) is 59.1 Å². The Kier molecular flexibility index (Phi) is 3.44. The Hall–Kier alpha value is -3.00. The van der Waals surface area contributed by atoms with E-state index in [0.29, 0.717) is 29.1 Å². The number of benzene rings is 1. The Morgan fingerprint density at radius 1 is 1.29 bits per heavy atom. The highest BCUT2D eigenvalue weighted by Crippen LogP contribution is 2.16. The lowest BCUT2D eigenvalue weighted by Crippen LogP contribution is -2.27. The minimum Gasteiger partial charge on any atom is -0.291 e. The number of aromatic nitrogens is 2. The van der Waals surface area contributed by atoms with Crippen LogP contribution < -0.4 is 10.9 Å². The van der Waals surface area contributed by atoms with Crippen molar-refractivity contribution in [1.82, 2.24) is 21.2 Å². The van der Waals surface area contributed by atoms with E-state index in [1.54, 1.807) is 30.3 Å². The zero-order valence-electron chi connectivity index (χ0n) is 10.8. The summed E-state index contributed by atoms with van der Waals surface area (Å²) < 4.78 is 4.65. The van der Waals surface area contributed by atoms with Crippen molar-refractivity contribution in [1.29, 1.82) is 0 Å². The van der Waals surface area contributed by atoms with Crippen molar-refractivity contribution >= 4 is 11.6 Å². The molecule has 106 valence electrons. The van der Waals surface area contributed by atoms with Gasteiger partial charge >= 0.3 is 0 Å². The van der Waals surface area contributed by atoms with Gasteiger partial charge in [0, 0.05) is 12.0 Å². The van der Waals surface area contributed by atoms with E-state index in [2.05, 4.69) is 25.5 Å². The van der Waals surface area contributed by atoms with Crippen molar-refractivity contribution in [3.8, 4) is 0 Å². The summed E-state index contributed by atoms with van der Waals surface area (Å²) in [5.74, 6) is -0.371. The maximum atomic E-state index is 12.0. The van der Waals surface area contributed by atoms with Crippen LogP contribution in [0.2, 0.25) is 0 Å². The lowest BCUT2D eigenvalue weighted by Gasteiger charge is -2.12. The van der Waals surface area contributed by atoms with Crippen LogP contribution in [0.25, 0.3) is 0 Å². The van der Waals surface area contributed by atoms with Gasteiger partial charge in [-0.1, -0.05) is 29.4 Å². The Morgan fingerprint density at radius 2 is 2.10 bits per heavy atom. The van der Waals surface area contributed by atoms with Crippen LogP contribution in [0.4, 0.5) is 0 Å². The number of nitrogens with one attached hydrogen (secondary N) is 2. The number of carbonyl (C=O) groups excluding carboxylic acids is 1. The third-order valence-electron chi connectivity index (χ3n) is 2.96. The Bertz CT molecular complexity index is 720. The zero-order valence-corrected chi connectivity index (χ0v) is 10.8. The van der Waals surface area contributed by atoms with Crippen molar-refractivity contribution in [3.63, 3.8) is 0 Å². The first-order valence-corrected chi connectivity index (χ1v) is 6.15. The fourth-order valence-corrected chi connectivity index (χ4v) is 1.92. The van der Waals surface area contributed by atoms with Crippen LogP contribution in [-0.4, -0.2) is 27.1 Å². The molecule has 21 heavy (non-hydrogen) atoms. The van der Waals surface area contributed by atoms with Crippen LogP contribution in [0.5, 0.6) is 0 Å². The summed E-state index contributed by atoms with van der Waals surface area (Å²) in [5, 5.41) is 20.6. The monoisotopic (exact) mass is 285 g/mol. The highest BCUT2D eigenvalue weighted by Gasteiger charge is 2.24. The number of fused-ring (bicyclic) bond motifs is 1. The summed E-state index contributed by atoms with van der Waals surface area (Å²) in [5.41, 5.74) is 6.44. The second-order valence-electron chi connectivity index (χ2n) is 4.26. The number of allylic oxidation sites excluding steroid dienone is 2. The predicted octanol–water partition coefficient (Wildman–Crippen LogP) is 0.622. The molecule has 1 aliphatic rings. The molecule has 0 atom stereocenters. The fraction of sp³-hybridized carbons (Fsp3) is 0.0769. The quantitative estimate of drug-likeness (QED) is 0.713. The summed E-state index contributed by atoms with van der Waals surface area (Å²) in [6, 6.07) is 8.65. The van der Waals surface area contributed by atoms with E-state index in [1.807, 2.05) is 11.5 Å². The van der Waals surface area contributed by atoms with Crippen molar-refractivity contribution in [2.75, 3.05) is 0 Å². The average Bonchev–Trinajstić information content (AvgIpc) is 3.01. The normalized spacial score (nSPS) is 15.3. The number of amides is 1. The SMILES string of the molecule is O=C(N/N=C1\C(NO)=CCc2nonc21)c1ccccc1. The number of hydrogen-bond donors (Lipinski definition) is 3. The van der Waals surface area contributed by atoms with Gasteiger partial charge in [-0.3, -0.25) is 15.5 Å². The number of hydrazone groups is 1. The first kappa shape index (κ1) is 13.0. The second kappa shape index (κ2) is 5.55. The van der Waals surface area contributed by atoms with Crippen molar-refractivity contribution < 1.29 is 14.6 Å². The van der Waals surface area contributed by atoms with Crippen LogP contribution >= 0.6 is 0 Å². The summed E-state index contributed by atoms with van der Waals surface area (Å²) in [4.78, 5) is 12.0. The van der Waals surface area contributed by atoms with E-state index in [4.69, 9.17) is 5.21 Å². The summed E-state index contributed by atoms with van der Waals surface area (Å²) in [7, 11) is 0. The molecule has 0 unspecified atom stereocenters. The molecule has 0 radical (unpaired) electrons. The summed E-state index contributed by atoms with van der Waals surface area (Å²) in [6.45, 7) is 0. The Balaban J connectivity index is 1.86. The topological polar surface area (TPSA) is 113 Å². The van der Waals surface area contributed by atoms with Gasteiger partial charge in [0.05, 0.1) is 5.70 Å². The van der Waals surface area contributed by atoms with E-state index in [1.165, 1.54) is 0 Å². The zero-order chi connectivity index (χ0) is 14.7. The van der Waals surface area contributed by atoms with E-state index in [0.717, 1.165) is 0 Å². The van der Waals surface area contributed by atoms with Gasteiger partial charge in [-0.2, -0.15) is 5.10 Å². The van der Waals surface area contributed by atoms with Crippen LogP contribution in [0.15, 0.2) is 51.8 Å². The number of nitrogens with zero attached hydrogens (tertiary/aromatic N) is 3. The largest absolute Gasteiger partial charge is 0.291 e. The van der Waals surface area contributed by atoms with Crippen molar-refractivity contribution in [2.45, 2.75) is 6.42 Å². The average molecular weight is 285 g/mol. The van der Waals surface area contributed by atoms with Crippen LogP contribution in [0.1, 0.15) is 21.7 Å². The van der Waals surface area contributed by atoms with Crippen LogP contribution in [0, 0.1) is 0 Å². The third-order valence-corrected chi connectivity index (χ3v) is 2.96. The number of rotatable bonds is 3. The van der Waals surface area contributed by atoms with Crippen molar-refractivity contribution in [2.24, 2.45) is 5.10 Å². The molecule has 1 heterocycles. The summed E-state index contributed by atoms with van der Waals surface area (Å²) in [6.07, 6.45) is 2.12. The van der Waals surface area contributed by atoms with Gasteiger partial charge in [0.2, 0.25) is 0 Å². The molecule has 1 aromatic carbocycles. The molecule has 8 heteroatoms. The van der Waals surface area contributed by atoms with Gasteiger partial charge in [0.25, 0.3) is 5.91 Å². The van der Waals surface area contributed by atoms with Gasteiger partial charge in [-0.15, -0.1) is 0 Å². The molecular weight excluding hydrogens is 274 g/mol. The summed E-state index contributed by atoms with van der Waals surface area (Å²) >= 11 is 0. The Morgan fingerprint density at radius 3 is 2.86 bits per heavy atom.